The highest BCUT2D eigenvalue weighted by atomic mass is 35.5. The molecule has 23 heteroatoms. The summed E-state index contributed by atoms with van der Waals surface area (Å²) in [7, 11) is 0. The molecular weight excluding hydrogens is 1560 g/mol. The fraction of sp³-hybridized carbons (Fsp3) is 0.344. The summed E-state index contributed by atoms with van der Waals surface area (Å²) < 4.78 is 23.8. The number of benzene rings is 4. The van der Waals surface area contributed by atoms with E-state index in [4.69, 9.17) is 106 Å². The quantitative estimate of drug-likeness (QED) is 0.0530. The van der Waals surface area contributed by atoms with Crippen LogP contribution in [0.3, 0.4) is 0 Å². The number of pyridine rings is 5. The molecule has 14 aromatic rings. The van der Waals surface area contributed by atoms with Crippen molar-refractivity contribution in [2.75, 3.05) is 26.6 Å². The lowest BCUT2D eigenvalue weighted by Gasteiger charge is -2.24. The minimum atomic E-state index is -0.280. The third kappa shape index (κ3) is 20.2. The van der Waals surface area contributed by atoms with Gasteiger partial charge in [0.05, 0.1) is 40.9 Å². The Hall–Kier alpha value is -8.71. The normalized spacial score (nSPS) is 14.7. The van der Waals surface area contributed by atoms with Gasteiger partial charge >= 0.3 is 0 Å². The van der Waals surface area contributed by atoms with Crippen LogP contribution in [0.1, 0.15) is 175 Å². The van der Waals surface area contributed by atoms with Crippen LogP contribution in [0, 0.1) is 5.82 Å². The predicted molar refractivity (Wildman–Crippen MR) is 474 cm³/mol. The zero-order valence-electron chi connectivity index (χ0n) is 64.9. The zero-order valence-corrected chi connectivity index (χ0v) is 70.2. The summed E-state index contributed by atoms with van der Waals surface area (Å²) in [5.41, 5.74) is 12.4. The first-order valence-corrected chi connectivity index (χ1v) is 42.5. The fourth-order valence-electron chi connectivity index (χ4n) is 15.4. The van der Waals surface area contributed by atoms with E-state index in [1.54, 1.807) is 16.5 Å². The Morgan fingerprint density at radius 1 is 0.363 bits per heavy atom. The second-order valence-corrected chi connectivity index (χ2v) is 32.9. The van der Waals surface area contributed by atoms with E-state index in [-0.39, 0.29) is 5.82 Å². The van der Waals surface area contributed by atoms with E-state index in [0.29, 0.717) is 77.6 Å². The molecule has 5 N–H and O–H groups in total. The molecule has 113 heavy (non-hydrogen) atoms. The molecule has 15 nitrogen and oxygen atoms in total. The summed E-state index contributed by atoms with van der Waals surface area (Å²) in [4.78, 5) is 23.8. The molecular formula is C90H99Cl7FN15. The molecule has 0 saturated heterocycles. The highest BCUT2D eigenvalue weighted by Gasteiger charge is 2.27. The van der Waals surface area contributed by atoms with Gasteiger partial charge < -0.3 is 26.6 Å². The third-order valence-corrected chi connectivity index (χ3v) is 23.0. The number of hydrogen-bond donors (Lipinski definition) is 5. The van der Waals surface area contributed by atoms with Crippen molar-refractivity contribution in [2.24, 2.45) is 0 Å². The van der Waals surface area contributed by atoms with Gasteiger partial charge in [-0.15, -0.1) is 0 Å². The van der Waals surface area contributed by atoms with Crippen LogP contribution in [-0.4, -0.2) is 77.1 Å². The first-order chi connectivity index (χ1) is 54.9. The maximum Gasteiger partial charge on any atom is 0.158 e. The minimum absolute atomic E-state index is 0.280. The summed E-state index contributed by atoms with van der Waals surface area (Å²) in [6.07, 6.45) is 32.4. The van der Waals surface area contributed by atoms with Crippen molar-refractivity contribution < 1.29 is 4.39 Å². The van der Waals surface area contributed by atoms with E-state index in [9.17, 15) is 4.39 Å². The highest BCUT2D eigenvalue weighted by Crippen LogP contribution is 2.42. The van der Waals surface area contributed by atoms with Gasteiger partial charge in [0.1, 0.15) is 80.3 Å². The van der Waals surface area contributed by atoms with Crippen LogP contribution in [-0.2, 0) is 0 Å². The van der Waals surface area contributed by atoms with Gasteiger partial charge in [0.25, 0.3) is 0 Å². The van der Waals surface area contributed by atoms with E-state index < -0.39 is 0 Å². The Balaban J connectivity index is 0.000000124. The van der Waals surface area contributed by atoms with Crippen molar-refractivity contribution in [3.05, 3.63) is 241 Å². The Morgan fingerprint density at radius 2 is 0.726 bits per heavy atom. The van der Waals surface area contributed by atoms with Crippen molar-refractivity contribution >= 4 is 139 Å². The average Bonchev–Trinajstić information content (AvgIpc) is 1.51. The van der Waals surface area contributed by atoms with Gasteiger partial charge in [-0.1, -0.05) is 264 Å². The molecule has 10 heterocycles. The molecule has 0 spiro atoms. The van der Waals surface area contributed by atoms with Crippen LogP contribution in [0.15, 0.2) is 195 Å². The van der Waals surface area contributed by atoms with Crippen LogP contribution in [0.25, 0.3) is 73.3 Å². The lowest BCUT2D eigenvalue weighted by Crippen LogP contribution is -2.23. The number of halogens is 8. The van der Waals surface area contributed by atoms with Crippen molar-refractivity contribution in [1.82, 2.24) is 46.9 Å². The molecule has 590 valence electrons. The SMILES string of the molecule is CCCC(C)Nc1c(-c2ccccc2Cl)nc2ccccn12.CCCC(C)Nc1c(C(C)C)nc2ccccn12.Clc1cc(Cl)c2nc(-c3ccccc3Cl)c(NC3CCCCC3)n2c1.Clc1ccc2nc(-c3ccccc3Cl)c(NC3CCCCC3)n2c1.Fc1ccc2nc(-c3ccccc3Cl)c(NC3CCCCC3)n2c1. The molecule has 0 amide bonds. The van der Waals surface area contributed by atoms with Crippen molar-refractivity contribution in [3.63, 3.8) is 0 Å². The molecule has 3 saturated carbocycles. The molecule has 3 fully saturated rings. The zero-order chi connectivity index (χ0) is 79.1. The number of nitrogens with zero attached hydrogens (tertiary/aromatic N) is 10. The molecule has 3 aliphatic carbocycles. The van der Waals surface area contributed by atoms with Crippen LogP contribution >= 0.6 is 81.2 Å². The largest absolute Gasteiger partial charge is 0.367 e. The van der Waals surface area contributed by atoms with Crippen LogP contribution < -0.4 is 26.6 Å². The maximum atomic E-state index is 13.8. The van der Waals surface area contributed by atoms with Crippen molar-refractivity contribution in [3.8, 4) is 45.0 Å². The van der Waals surface area contributed by atoms with Gasteiger partial charge in [-0.05, 0) is 150 Å². The number of anilines is 5. The monoisotopic (exact) mass is 1650 g/mol. The molecule has 4 aromatic carbocycles. The Kier molecular flexibility index (Phi) is 28.5. The number of rotatable bonds is 19. The van der Waals surface area contributed by atoms with Crippen molar-refractivity contribution in [2.45, 2.75) is 200 Å². The summed E-state index contributed by atoms with van der Waals surface area (Å²) >= 11 is 44.5. The van der Waals surface area contributed by atoms with Gasteiger partial charge in [0, 0.05) is 83.4 Å². The van der Waals surface area contributed by atoms with Crippen LogP contribution in [0.4, 0.5) is 33.5 Å². The first-order valence-electron chi connectivity index (χ1n) is 39.9. The van der Waals surface area contributed by atoms with Crippen molar-refractivity contribution in [1.29, 1.82) is 0 Å². The lowest BCUT2D eigenvalue weighted by molar-refractivity contribution is 0.461. The second kappa shape index (κ2) is 39.1. The van der Waals surface area contributed by atoms with Gasteiger partial charge in [-0.3, -0.25) is 22.0 Å². The second-order valence-electron chi connectivity index (χ2n) is 30.0. The molecule has 0 bridgehead atoms. The highest BCUT2D eigenvalue weighted by molar-refractivity contribution is 6.37. The standard InChI is InChI=1S/C19H18Cl3N3.C19H19Cl2N3.C19H19ClFN3.C18H20ClN3.C15H23N3/c20-12-10-16(22)18-24-17(14-8-4-5-9-15(14)21)19(25(18)11-12)23-13-6-2-1-3-7-13;20-13-10-11-17-23-18(15-8-4-5-9-16(15)21)19(24(17)12-13)22-14-6-2-1-3-7-14;20-16-9-5-4-8-15(16)18-19(22-14-6-2-1-3-7-14)24-12-13(21)10-11-17(24)23-18;1-3-8-13(2)20-18-17(14-9-4-5-10-15(14)19)21-16-11-6-7-12-22(16)18;1-5-8-12(4)16-15-14(11(2)3)17-13-9-6-7-10-18(13)15/h4-5,8-11,13,23H,1-3,6-7H2;2*4-5,8-12,14,22H,1-3,6-7H2;4-7,9-13,20H,3,8H2,1-2H3;6-7,9-12,16H,5,8H2,1-4H3. The third-order valence-electron chi connectivity index (χ3n) is 21.0. The number of nitrogens with one attached hydrogen (secondary N) is 5. The van der Waals surface area contributed by atoms with E-state index in [2.05, 4.69) is 95.3 Å². The fourth-order valence-corrected chi connectivity index (χ4v) is 17.0. The Morgan fingerprint density at radius 3 is 1.17 bits per heavy atom. The summed E-state index contributed by atoms with van der Waals surface area (Å²) in [6.45, 7) is 13.2. The summed E-state index contributed by atoms with van der Waals surface area (Å²) in [6, 6.07) is 54.0. The first kappa shape index (κ1) is 82.3. The minimum Gasteiger partial charge on any atom is -0.367 e. The number of fused-ring (bicyclic) bond motifs is 5. The predicted octanol–water partition coefficient (Wildman–Crippen LogP) is 27.6. The molecule has 17 rings (SSSR count). The molecule has 2 atom stereocenters. The van der Waals surface area contributed by atoms with E-state index in [1.165, 1.54) is 95.7 Å². The molecule has 0 radical (unpaired) electrons. The Labute approximate surface area is 697 Å². The van der Waals surface area contributed by atoms with Gasteiger partial charge in [-0.25, -0.2) is 29.3 Å². The van der Waals surface area contributed by atoms with Crippen LogP contribution in [0.5, 0.6) is 0 Å². The molecule has 10 aromatic heterocycles. The molecule has 2 unspecified atom stereocenters. The van der Waals surface area contributed by atoms with E-state index in [0.717, 1.165) is 140 Å². The smallest absolute Gasteiger partial charge is 0.158 e. The molecule has 0 aliphatic heterocycles. The lowest BCUT2D eigenvalue weighted by atomic mass is 9.95. The van der Waals surface area contributed by atoms with E-state index in [1.807, 2.05) is 161 Å². The Bertz CT molecular complexity index is 5350. The number of aromatic nitrogens is 10. The number of hydrogen-bond acceptors (Lipinski definition) is 10. The van der Waals surface area contributed by atoms with E-state index >= 15 is 0 Å². The topological polar surface area (TPSA) is 147 Å². The molecule has 3 aliphatic rings. The van der Waals surface area contributed by atoms with Gasteiger partial charge in [0.15, 0.2) is 5.65 Å². The maximum absolute atomic E-state index is 13.8. The van der Waals surface area contributed by atoms with Gasteiger partial charge in [0.2, 0.25) is 0 Å². The summed E-state index contributed by atoms with van der Waals surface area (Å²) in [5.74, 6) is 5.01. The number of imidazole rings is 5. The average molecular weight is 1660 g/mol. The van der Waals surface area contributed by atoms with Gasteiger partial charge in [-0.2, -0.15) is 0 Å². The summed E-state index contributed by atoms with van der Waals surface area (Å²) in [5, 5.41) is 22.7. The van der Waals surface area contributed by atoms with Crippen LogP contribution in [0.2, 0.25) is 35.2 Å².